The van der Waals surface area contributed by atoms with Gasteiger partial charge in [-0.1, -0.05) is 0 Å². The smallest absolute Gasteiger partial charge is 0.187 e. The van der Waals surface area contributed by atoms with E-state index in [0.29, 0.717) is 0 Å². The van der Waals surface area contributed by atoms with E-state index in [1.807, 2.05) is 0 Å². The summed E-state index contributed by atoms with van der Waals surface area (Å²) < 4.78 is 104. The number of rotatable bonds is 24. The Labute approximate surface area is 346 Å². The van der Waals surface area contributed by atoms with Gasteiger partial charge in [0, 0.05) is 97.5 Å². The summed E-state index contributed by atoms with van der Waals surface area (Å²) in [6.45, 7) is -0.955. The second-order valence-corrected chi connectivity index (χ2v) is 14.6. The normalized spacial score (nSPS) is 43.2. The molecular weight excluding hydrogens is 792 g/mol. The summed E-state index contributed by atoms with van der Waals surface area (Å²) in [6.07, 6.45) is -16.2. The monoisotopic (exact) mass is 862 g/mol. The maximum absolute atomic E-state index is 10.3. The number of methoxy groups -OCH3 is 10. The van der Waals surface area contributed by atoms with Crippen molar-refractivity contribution in [2.24, 2.45) is 0 Å². The van der Waals surface area contributed by atoms with E-state index in [2.05, 4.69) is 0 Å². The lowest BCUT2D eigenvalue weighted by Crippen LogP contribution is -2.68. The Morgan fingerprint density at radius 1 is 0.271 bits per heavy atom. The molecule has 0 radical (unpaired) electrons. The Bertz CT molecular complexity index is 1150. The Morgan fingerprint density at radius 2 is 0.492 bits per heavy atom. The first kappa shape index (κ1) is 50.8. The van der Waals surface area contributed by atoms with E-state index in [0.717, 1.165) is 0 Å². The quantitative estimate of drug-likeness (QED) is 0.0851. The van der Waals surface area contributed by atoms with Crippen molar-refractivity contribution in [1.29, 1.82) is 0 Å². The van der Waals surface area contributed by atoms with Crippen LogP contribution in [0.2, 0.25) is 0 Å². The van der Waals surface area contributed by atoms with Gasteiger partial charge in [-0.15, -0.1) is 0 Å². The average molecular weight is 863 g/mol. The molecule has 0 aromatic carbocycles. The molecule has 4 saturated heterocycles. The largest absolute Gasteiger partial charge is 0.396 e. The van der Waals surface area contributed by atoms with Crippen LogP contribution in [0, 0.1) is 0 Å². The Kier molecular flexibility index (Phi) is 21.9. The van der Waals surface area contributed by atoms with Crippen molar-refractivity contribution in [2.75, 3.05) is 97.5 Å². The van der Waals surface area contributed by atoms with Crippen LogP contribution in [0.5, 0.6) is 0 Å². The SMILES string of the molecule is COC1[C@H](O[C@H]2C(CCO)O[C@H](O[C@H]3C(CCO)O[C@@H](O[C@H]4C(CCO)O[C@@H](OC)C(OC)[C@@H]4OC)C(OC)[C@@H]3OC)C(OC)[C@@H]2OC)OC(CCO)[C@@H](OC)[C@H]1OC. The van der Waals surface area contributed by atoms with Gasteiger partial charge < -0.3 is 101 Å². The summed E-state index contributed by atoms with van der Waals surface area (Å²) in [5, 5.41) is 40.3. The molecule has 4 aliphatic rings. The predicted octanol–water partition coefficient (Wildman–Crippen LogP) is -1.65. The maximum atomic E-state index is 10.3. The van der Waals surface area contributed by atoms with Crippen molar-refractivity contribution < 1.29 is 101 Å². The molecule has 4 rings (SSSR count). The van der Waals surface area contributed by atoms with Crippen molar-refractivity contribution in [3.05, 3.63) is 0 Å². The zero-order chi connectivity index (χ0) is 43.2. The van der Waals surface area contributed by atoms with Gasteiger partial charge in [-0.25, -0.2) is 0 Å². The maximum Gasteiger partial charge on any atom is 0.187 e. The van der Waals surface area contributed by atoms with Gasteiger partial charge in [0.2, 0.25) is 0 Å². The molecule has 0 spiro atoms. The number of hydrogen-bond donors (Lipinski definition) is 4. The molecular formula is C38H70O21. The molecule has 0 saturated carbocycles. The summed E-state index contributed by atoms with van der Waals surface area (Å²) in [4.78, 5) is 0. The van der Waals surface area contributed by atoms with Crippen LogP contribution in [0.25, 0.3) is 0 Å². The van der Waals surface area contributed by atoms with Crippen molar-refractivity contribution >= 4 is 0 Å². The van der Waals surface area contributed by atoms with Crippen LogP contribution in [0.4, 0.5) is 0 Å². The van der Waals surface area contributed by atoms with E-state index >= 15 is 0 Å². The predicted molar refractivity (Wildman–Crippen MR) is 200 cm³/mol. The minimum Gasteiger partial charge on any atom is -0.396 e. The second-order valence-electron chi connectivity index (χ2n) is 14.6. The van der Waals surface area contributed by atoms with E-state index in [-0.39, 0.29) is 52.1 Å². The highest BCUT2D eigenvalue weighted by Crippen LogP contribution is 2.39. The van der Waals surface area contributed by atoms with Gasteiger partial charge in [0.15, 0.2) is 25.2 Å². The third kappa shape index (κ3) is 11.5. The molecule has 8 unspecified atom stereocenters. The third-order valence-corrected chi connectivity index (χ3v) is 11.6. The molecule has 21 nitrogen and oxygen atoms in total. The van der Waals surface area contributed by atoms with Gasteiger partial charge >= 0.3 is 0 Å². The van der Waals surface area contributed by atoms with Crippen molar-refractivity contribution in [1.82, 2.24) is 0 Å². The van der Waals surface area contributed by atoms with Gasteiger partial charge in [-0.3, -0.25) is 0 Å². The van der Waals surface area contributed by atoms with Gasteiger partial charge in [-0.05, 0) is 25.7 Å². The highest BCUT2D eigenvalue weighted by Gasteiger charge is 2.57. The Hall–Kier alpha value is -0.840. The highest BCUT2D eigenvalue weighted by atomic mass is 16.8. The molecule has 4 heterocycles. The molecule has 59 heavy (non-hydrogen) atoms. The molecule has 348 valence electrons. The molecule has 4 fully saturated rings. The standard InChI is InChI=1S/C38H70O21/c1-43-23-19(11-15-39)54-36(32(49-7)27(23)44-2)58-25-21(13-17-41)56-38(34(51-9)29(25)46-4)59-26-22(14-18-42)55-37(33(50-8)30(26)47-5)57-24-20(12-16-40)53-35(52-10)31(48-6)28(24)45-3/h19-42H,11-18H2,1-10H3/t19?,20?,21?,22?,23-,24+,25+,26+,27-,28-,29-,30-,31?,32?,33?,34?,35-,36+,37+,38-/m1/s1. The van der Waals surface area contributed by atoms with Gasteiger partial charge in [0.1, 0.15) is 73.2 Å². The molecule has 4 aliphatic heterocycles. The fourth-order valence-corrected chi connectivity index (χ4v) is 8.78. The van der Waals surface area contributed by atoms with E-state index < -0.39 is 123 Å². The Morgan fingerprint density at radius 3 is 0.729 bits per heavy atom. The molecule has 20 atom stereocenters. The zero-order valence-corrected chi connectivity index (χ0v) is 35.9. The topological polar surface area (TPSA) is 238 Å². The summed E-state index contributed by atoms with van der Waals surface area (Å²) in [6, 6.07) is 0. The van der Waals surface area contributed by atoms with Crippen LogP contribution < -0.4 is 0 Å². The Balaban J connectivity index is 1.63. The number of aliphatic hydroxyl groups is 4. The van der Waals surface area contributed by atoms with E-state index in [9.17, 15) is 20.4 Å². The second kappa shape index (κ2) is 25.5. The third-order valence-electron chi connectivity index (χ3n) is 11.6. The lowest BCUT2D eigenvalue weighted by atomic mass is 9.93. The van der Waals surface area contributed by atoms with Crippen molar-refractivity contribution in [3.8, 4) is 0 Å². The first-order valence-corrected chi connectivity index (χ1v) is 20.0. The first-order valence-electron chi connectivity index (χ1n) is 20.0. The fourth-order valence-electron chi connectivity index (χ4n) is 8.78. The molecule has 4 N–H and O–H groups in total. The van der Waals surface area contributed by atoms with Crippen molar-refractivity contribution in [2.45, 2.75) is 149 Å². The number of hydrogen-bond acceptors (Lipinski definition) is 21. The highest BCUT2D eigenvalue weighted by molar-refractivity contribution is 5.00. The summed E-state index contributed by atoms with van der Waals surface area (Å²) in [7, 11) is 15.0. The van der Waals surface area contributed by atoms with Crippen LogP contribution in [0.15, 0.2) is 0 Å². The van der Waals surface area contributed by atoms with E-state index in [1.54, 1.807) is 0 Å². The van der Waals surface area contributed by atoms with Crippen LogP contribution in [0.1, 0.15) is 25.7 Å². The van der Waals surface area contributed by atoms with Crippen LogP contribution in [-0.2, 0) is 80.5 Å². The summed E-state index contributed by atoms with van der Waals surface area (Å²) in [5.41, 5.74) is 0. The van der Waals surface area contributed by atoms with Crippen molar-refractivity contribution in [3.63, 3.8) is 0 Å². The molecule has 0 aromatic rings. The minimum absolute atomic E-state index is 0.0850. The number of ether oxygens (including phenoxy) is 17. The summed E-state index contributed by atoms with van der Waals surface area (Å²) in [5.74, 6) is 0. The average Bonchev–Trinajstić information content (AvgIpc) is 3.24. The lowest BCUT2D eigenvalue weighted by molar-refractivity contribution is -0.392. The molecule has 0 amide bonds. The van der Waals surface area contributed by atoms with Gasteiger partial charge in [0.05, 0.1) is 24.4 Å². The minimum atomic E-state index is -1.16. The lowest BCUT2D eigenvalue weighted by Gasteiger charge is -2.52. The molecule has 0 aliphatic carbocycles. The van der Waals surface area contributed by atoms with Gasteiger partial charge in [-0.2, -0.15) is 0 Å². The van der Waals surface area contributed by atoms with Crippen LogP contribution in [-0.4, -0.2) is 241 Å². The molecule has 0 bridgehead atoms. The van der Waals surface area contributed by atoms with Crippen LogP contribution >= 0.6 is 0 Å². The zero-order valence-electron chi connectivity index (χ0n) is 35.9. The van der Waals surface area contributed by atoms with Gasteiger partial charge in [0.25, 0.3) is 0 Å². The summed E-state index contributed by atoms with van der Waals surface area (Å²) >= 11 is 0. The fraction of sp³-hybridized carbons (Fsp3) is 1.00. The molecule has 0 aromatic heterocycles. The van der Waals surface area contributed by atoms with Crippen LogP contribution in [0.3, 0.4) is 0 Å². The molecule has 21 heteroatoms. The van der Waals surface area contributed by atoms with E-state index in [4.69, 9.17) is 80.5 Å². The van der Waals surface area contributed by atoms with E-state index in [1.165, 1.54) is 71.1 Å². The first-order chi connectivity index (χ1) is 28.7. The number of aliphatic hydroxyl groups excluding tert-OH is 4.